The minimum atomic E-state index is -0.0465. The molecule has 0 N–H and O–H groups in total. The molecule has 2 aromatic rings. The lowest BCUT2D eigenvalue weighted by Gasteiger charge is -2.31. The van der Waals surface area contributed by atoms with Gasteiger partial charge in [0.05, 0.1) is 17.9 Å². The van der Waals surface area contributed by atoms with Gasteiger partial charge < -0.3 is 4.42 Å². The minimum Gasteiger partial charge on any atom is -0.444 e. The van der Waals surface area contributed by atoms with Gasteiger partial charge in [-0.25, -0.2) is 9.67 Å². The summed E-state index contributed by atoms with van der Waals surface area (Å²) < 4.78 is 7.57. The molecule has 0 spiro atoms. The quantitative estimate of drug-likeness (QED) is 0.828. The monoisotopic (exact) mass is 370 g/mol. The maximum atomic E-state index is 12.2. The maximum Gasteiger partial charge on any atom is 0.266 e. The van der Waals surface area contributed by atoms with Crippen molar-refractivity contribution in [2.75, 3.05) is 13.1 Å². The third-order valence-corrected chi connectivity index (χ3v) is 5.77. The highest BCUT2D eigenvalue weighted by molar-refractivity contribution is 5.15. The first-order valence-corrected chi connectivity index (χ1v) is 10.2. The number of hydrogen-bond acceptors (Lipinski definition) is 5. The maximum absolute atomic E-state index is 12.2. The number of oxazole rings is 1. The molecule has 0 saturated carbocycles. The van der Waals surface area contributed by atoms with Crippen LogP contribution in [0.4, 0.5) is 0 Å². The number of fused-ring (bicyclic) bond motifs is 1. The van der Waals surface area contributed by atoms with E-state index in [1.54, 1.807) is 10.7 Å². The molecule has 3 heterocycles. The summed E-state index contributed by atoms with van der Waals surface area (Å²) in [6, 6.07) is 3.51. The standard InChI is InChI=1S/C21H30N4O2/c1-21(2,3)18-7-8-20(26)25(23-18)13-15-9-11-24(12-10-15)14-19-22-16-5-4-6-17(16)27-19/h7-8,15H,4-6,9-14H2,1-3H3. The van der Waals surface area contributed by atoms with Crippen molar-refractivity contribution in [3.63, 3.8) is 0 Å². The number of aryl methyl sites for hydroxylation is 2. The van der Waals surface area contributed by atoms with E-state index in [1.807, 2.05) is 6.07 Å². The smallest absolute Gasteiger partial charge is 0.266 e. The average Bonchev–Trinajstić information content (AvgIpc) is 3.19. The highest BCUT2D eigenvalue weighted by Crippen LogP contribution is 2.25. The van der Waals surface area contributed by atoms with Gasteiger partial charge in [0, 0.05) is 24.4 Å². The van der Waals surface area contributed by atoms with E-state index < -0.39 is 0 Å². The van der Waals surface area contributed by atoms with Crippen molar-refractivity contribution in [1.29, 1.82) is 0 Å². The van der Waals surface area contributed by atoms with Gasteiger partial charge in [-0.05, 0) is 50.8 Å². The molecule has 27 heavy (non-hydrogen) atoms. The van der Waals surface area contributed by atoms with Gasteiger partial charge in [-0.1, -0.05) is 20.8 Å². The van der Waals surface area contributed by atoms with E-state index in [-0.39, 0.29) is 11.0 Å². The van der Waals surface area contributed by atoms with E-state index in [1.165, 1.54) is 12.1 Å². The van der Waals surface area contributed by atoms with Gasteiger partial charge in [-0.3, -0.25) is 9.69 Å². The van der Waals surface area contributed by atoms with Gasteiger partial charge in [0.1, 0.15) is 5.76 Å². The zero-order valence-electron chi connectivity index (χ0n) is 16.7. The van der Waals surface area contributed by atoms with E-state index in [0.717, 1.165) is 62.7 Å². The van der Waals surface area contributed by atoms with Crippen LogP contribution in [0.25, 0.3) is 0 Å². The minimum absolute atomic E-state index is 0.000249. The molecule has 2 aromatic heterocycles. The normalized spacial score (nSPS) is 18.8. The van der Waals surface area contributed by atoms with Crippen molar-refractivity contribution in [1.82, 2.24) is 19.7 Å². The topological polar surface area (TPSA) is 64.2 Å². The molecular weight excluding hydrogens is 340 g/mol. The molecule has 0 aromatic carbocycles. The molecule has 6 nitrogen and oxygen atoms in total. The zero-order chi connectivity index (χ0) is 19.0. The molecule has 146 valence electrons. The Balaban J connectivity index is 1.33. The molecule has 0 radical (unpaired) electrons. The van der Waals surface area contributed by atoms with Crippen LogP contribution < -0.4 is 5.56 Å². The SMILES string of the molecule is CC(C)(C)c1ccc(=O)n(CC2CCN(Cc3nc4c(o3)CCC4)CC2)n1. The lowest BCUT2D eigenvalue weighted by molar-refractivity contribution is 0.151. The third kappa shape index (κ3) is 4.15. The second-order valence-corrected chi connectivity index (χ2v) is 9.04. The van der Waals surface area contributed by atoms with E-state index in [2.05, 4.69) is 35.8 Å². The largest absolute Gasteiger partial charge is 0.444 e. The first-order valence-electron chi connectivity index (χ1n) is 10.2. The first kappa shape index (κ1) is 18.4. The fourth-order valence-corrected chi connectivity index (χ4v) is 4.05. The Morgan fingerprint density at radius 1 is 1.19 bits per heavy atom. The highest BCUT2D eigenvalue weighted by atomic mass is 16.4. The van der Waals surface area contributed by atoms with Crippen LogP contribution in [0.2, 0.25) is 0 Å². The van der Waals surface area contributed by atoms with Gasteiger partial charge in [0.2, 0.25) is 5.89 Å². The Morgan fingerprint density at radius 3 is 2.67 bits per heavy atom. The molecule has 1 saturated heterocycles. The molecule has 1 fully saturated rings. The molecule has 1 aliphatic heterocycles. The fraction of sp³-hybridized carbons (Fsp3) is 0.667. The van der Waals surface area contributed by atoms with Crippen molar-refractivity contribution in [2.24, 2.45) is 5.92 Å². The van der Waals surface area contributed by atoms with E-state index in [0.29, 0.717) is 12.5 Å². The van der Waals surface area contributed by atoms with E-state index in [9.17, 15) is 4.79 Å². The zero-order valence-corrected chi connectivity index (χ0v) is 16.7. The van der Waals surface area contributed by atoms with Gasteiger partial charge in [-0.15, -0.1) is 0 Å². The summed E-state index contributed by atoms with van der Waals surface area (Å²) in [5.74, 6) is 2.47. The third-order valence-electron chi connectivity index (χ3n) is 5.77. The molecule has 1 aliphatic carbocycles. The average molecular weight is 370 g/mol. The second kappa shape index (κ2) is 7.23. The van der Waals surface area contributed by atoms with Gasteiger partial charge in [-0.2, -0.15) is 5.10 Å². The number of rotatable bonds is 4. The summed E-state index contributed by atoms with van der Waals surface area (Å²) in [7, 11) is 0. The molecule has 2 aliphatic rings. The Kier molecular flexibility index (Phi) is 4.93. The number of likely N-dealkylation sites (tertiary alicyclic amines) is 1. The van der Waals surface area contributed by atoms with Crippen LogP contribution in [0.1, 0.15) is 63.1 Å². The lowest BCUT2D eigenvalue weighted by Crippen LogP contribution is -2.37. The van der Waals surface area contributed by atoms with E-state index >= 15 is 0 Å². The summed E-state index contributed by atoms with van der Waals surface area (Å²) in [5.41, 5.74) is 2.09. The van der Waals surface area contributed by atoms with Crippen LogP contribution in [-0.4, -0.2) is 32.8 Å². The molecule has 0 amide bonds. The van der Waals surface area contributed by atoms with Gasteiger partial charge >= 0.3 is 0 Å². The Labute approximate surface area is 160 Å². The number of piperidine rings is 1. The summed E-state index contributed by atoms with van der Waals surface area (Å²) in [5, 5.41) is 4.62. The summed E-state index contributed by atoms with van der Waals surface area (Å²) >= 11 is 0. The van der Waals surface area contributed by atoms with Crippen molar-refractivity contribution >= 4 is 0 Å². The first-order chi connectivity index (χ1) is 12.9. The van der Waals surface area contributed by atoms with Crippen LogP contribution in [-0.2, 0) is 31.3 Å². The molecule has 0 unspecified atom stereocenters. The van der Waals surface area contributed by atoms with Gasteiger partial charge in [0.15, 0.2) is 0 Å². The summed E-state index contributed by atoms with van der Waals surface area (Å²) in [4.78, 5) is 19.3. The summed E-state index contributed by atoms with van der Waals surface area (Å²) in [6.45, 7) is 9.93. The molecule has 4 rings (SSSR count). The van der Waals surface area contributed by atoms with Crippen LogP contribution >= 0.6 is 0 Å². The second-order valence-electron chi connectivity index (χ2n) is 9.04. The number of nitrogens with zero attached hydrogens (tertiary/aromatic N) is 4. The Bertz CT molecular complexity index is 832. The lowest BCUT2D eigenvalue weighted by atomic mass is 9.92. The van der Waals surface area contributed by atoms with Crippen LogP contribution in [0.3, 0.4) is 0 Å². The highest BCUT2D eigenvalue weighted by Gasteiger charge is 2.24. The van der Waals surface area contributed by atoms with Crippen LogP contribution in [0.15, 0.2) is 21.3 Å². The van der Waals surface area contributed by atoms with Crippen LogP contribution in [0, 0.1) is 5.92 Å². The van der Waals surface area contributed by atoms with E-state index in [4.69, 9.17) is 4.42 Å². The Hall–Kier alpha value is -1.95. The molecule has 6 heteroatoms. The van der Waals surface area contributed by atoms with Crippen molar-refractivity contribution in [3.8, 4) is 0 Å². The predicted octanol–water partition coefficient (Wildman–Crippen LogP) is 2.93. The van der Waals surface area contributed by atoms with Crippen molar-refractivity contribution in [3.05, 3.63) is 45.5 Å². The molecule has 0 atom stereocenters. The number of hydrogen-bond donors (Lipinski definition) is 0. The van der Waals surface area contributed by atoms with Crippen molar-refractivity contribution in [2.45, 2.75) is 71.4 Å². The predicted molar refractivity (Wildman–Crippen MR) is 104 cm³/mol. The fourth-order valence-electron chi connectivity index (χ4n) is 4.05. The Morgan fingerprint density at radius 2 is 1.96 bits per heavy atom. The van der Waals surface area contributed by atoms with Crippen molar-refractivity contribution < 1.29 is 4.42 Å². The number of aromatic nitrogens is 3. The summed E-state index contributed by atoms with van der Waals surface area (Å²) in [6.07, 6.45) is 5.44. The molecular formula is C21H30N4O2. The molecule has 0 bridgehead atoms. The van der Waals surface area contributed by atoms with Gasteiger partial charge in [0.25, 0.3) is 5.56 Å². The van der Waals surface area contributed by atoms with Crippen LogP contribution in [0.5, 0.6) is 0 Å².